The smallest absolute Gasteiger partial charge is 0.303 e. The number of rotatable bonds is 4. The van der Waals surface area contributed by atoms with E-state index in [0.717, 1.165) is 32.1 Å². The van der Waals surface area contributed by atoms with E-state index >= 15 is 0 Å². The van der Waals surface area contributed by atoms with Crippen molar-refractivity contribution < 1.29 is 64.6 Å². The Morgan fingerprint density at radius 2 is 1.25 bits per heavy atom. The number of hydrogen-bond acceptors (Lipinski definition) is 2. The molecule has 1 rings (SSSR count). The van der Waals surface area contributed by atoms with Crippen LogP contribution in [0.5, 0.6) is 0 Å². The Bertz CT molecular complexity index is 219. The van der Waals surface area contributed by atoms with E-state index in [1.807, 2.05) is 0 Å². The minimum Gasteiger partial charge on any atom is -0.481 e. The third-order valence-corrected chi connectivity index (χ3v) is 2.97. The van der Waals surface area contributed by atoms with Gasteiger partial charge in [-0.25, -0.2) is 0 Å². The van der Waals surface area contributed by atoms with Crippen LogP contribution in [-0.4, -0.2) is 22.2 Å². The zero-order valence-electron chi connectivity index (χ0n) is 8.76. The van der Waals surface area contributed by atoms with E-state index in [1.54, 1.807) is 0 Å². The van der Waals surface area contributed by atoms with Crippen LogP contribution in [0.25, 0.3) is 0 Å². The maximum atomic E-state index is 10.7. The summed E-state index contributed by atoms with van der Waals surface area (Å²) < 4.78 is 0. The number of carboxylic acid groups (broad SMARTS) is 2. The molecule has 0 spiro atoms. The first-order valence-electron chi connectivity index (χ1n) is 4.98. The zero-order chi connectivity index (χ0) is 10.6. The molecular formula is C10H16Ag2O4. The van der Waals surface area contributed by atoms with Crippen LogP contribution in [0.2, 0.25) is 0 Å². The Hall–Kier alpha value is 0.421. The SMILES string of the molecule is O=C(O)CC1(CC(=O)O)CCCCC1.[Ag].[Ag]. The van der Waals surface area contributed by atoms with Gasteiger partial charge in [-0.2, -0.15) is 0 Å². The van der Waals surface area contributed by atoms with Gasteiger partial charge < -0.3 is 10.2 Å². The fourth-order valence-electron chi connectivity index (χ4n) is 2.36. The topological polar surface area (TPSA) is 74.6 Å². The molecule has 0 amide bonds. The van der Waals surface area contributed by atoms with E-state index in [0.29, 0.717) is 0 Å². The summed E-state index contributed by atoms with van der Waals surface area (Å²) >= 11 is 0. The van der Waals surface area contributed by atoms with E-state index in [-0.39, 0.29) is 57.6 Å². The molecule has 4 nitrogen and oxygen atoms in total. The molecule has 0 aromatic rings. The van der Waals surface area contributed by atoms with Crippen LogP contribution in [0.4, 0.5) is 0 Å². The normalized spacial score (nSPS) is 17.8. The Kier molecular flexibility index (Phi) is 9.98. The average Bonchev–Trinajstić information content (AvgIpc) is 2.01. The molecule has 2 radical (unpaired) electrons. The van der Waals surface area contributed by atoms with Crippen molar-refractivity contribution in [1.82, 2.24) is 0 Å². The minimum absolute atomic E-state index is 0. The van der Waals surface area contributed by atoms with Gasteiger partial charge in [0.2, 0.25) is 0 Å². The van der Waals surface area contributed by atoms with E-state index in [2.05, 4.69) is 0 Å². The average molecular weight is 416 g/mol. The molecule has 0 heterocycles. The molecule has 0 saturated heterocycles. The van der Waals surface area contributed by atoms with Gasteiger partial charge in [0.1, 0.15) is 0 Å². The molecule has 0 aromatic carbocycles. The number of aliphatic carboxylic acids is 2. The van der Waals surface area contributed by atoms with Crippen molar-refractivity contribution in [1.29, 1.82) is 0 Å². The predicted octanol–water partition coefficient (Wildman–Crippen LogP) is 1.88. The molecule has 0 unspecified atom stereocenters. The Morgan fingerprint density at radius 3 is 1.56 bits per heavy atom. The van der Waals surface area contributed by atoms with Gasteiger partial charge >= 0.3 is 11.9 Å². The maximum Gasteiger partial charge on any atom is 0.303 e. The second kappa shape index (κ2) is 8.50. The van der Waals surface area contributed by atoms with Gasteiger partial charge in [-0.1, -0.05) is 19.3 Å². The summed E-state index contributed by atoms with van der Waals surface area (Å²) in [7, 11) is 0. The predicted molar refractivity (Wildman–Crippen MR) is 50.0 cm³/mol. The summed E-state index contributed by atoms with van der Waals surface area (Å²) in [5.41, 5.74) is -0.476. The molecule has 102 valence electrons. The minimum atomic E-state index is -0.881. The molecule has 0 aliphatic heterocycles. The zero-order valence-corrected chi connectivity index (χ0v) is 11.7. The third kappa shape index (κ3) is 6.23. The fourth-order valence-corrected chi connectivity index (χ4v) is 2.36. The van der Waals surface area contributed by atoms with E-state index < -0.39 is 17.4 Å². The monoisotopic (exact) mass is 414 g/mol. The molecule has 1 aliphatic carbocycles. The van der Waals surface area contributed by atoms with Crippen LogP contribution >= 0.6 is 0 Å². The molecule has 0 bridgehead atoms. The first kappa shape index (κ1) is 18.8. The van der Waals surface area contributed by atoms with E-state index in [1.165, 1.54) is 0 Å². The second-order valence-corrected chi connectivity index (χ2v) is 4.20. The number of hydrogen-bond donors (Lipinski definition) is 2. The van der Waals surface area contributed by atoms with E-state index in [4.69, 9.17) is 10.2 Å². The van der Waals surface area contributed by atoms with E-state index in [9.17, 15) is 9.59 Å². The van der Waals surface area contributed by atoms with Crippen molar-refractivity contribution in [3.63, 3.8) is 0 Å². The molecule has 0 atom stereocenters. The third-order valence-electron chi connectivity index (χ3n) is 2.97. The second-order valence-electron chi connectivity index (χ2n) is 4.20. The summed E-state index contributed by atoms with van der Waals surface area (Å²) in [6.07, 6.45) is 4.50. The Labute approximate surface area is 126 Å². The van der Waals surface area contributed by atoms with Crippen LogP contribution in [-0.2, 0) is 54.3 Å². The van der Waals surface area contributed by atoms with Crippen molar-refractivity contribution in [2.75, 3.05) is 0 Å². The maximum absolute atomic E-state index is 10.7. The summed E-state index contributed by atoms with van der Waals surface area (Å²) in [5, 5.41) is 17.5. The Balaban J connectivity index is 0. The first-order chi connectivity index (χ1) is 6.54. The van der Waals surface area contributed by atoms with Gasteiger partial charge in [-0.05, 0) is 18.3 Å². The van der Waals surface area contributed by atoms with Crippen LogP contribution in [0.3, 0.4) is 0 Å². The fraction of sp³-hybridized carbons (Fsp3) is 0.800. The van der Waals surface area contributed by atoms with Crippen LogP contribution in [0, 0.1) is 5.41 Å². The van der Waals surface area contributed by atoms with Crippen LogP contribution in [0.15, 0.2) is 0 Å². The molecule has 0 aromatic heterocycles. The van der Waals surface area contributed by atoms with Crippen LogP contribution in [0.1, 0.15) is 44.9 Å². The van der Waals surface area contributed by atoms with Crippen LogP contribution < -0.4 is 0 Å². The van der Waals surface area contributed by atoms with Gasteiger partial charge in [-0.3, -0.25) is 9.59 Å². The molecule has 6 heteroatoms. The van der Waals surface area contributed by atoms with Gasteiger partial charge in [0.05, 0.1) is 12.8 Å². The van der Waals surface area contributed by atoms with Gasteiger partial charge in [-0.15, -0.1) is 0 Å². The van der Waals surface area contributed by atoms with Gasteiger partial charge in [0, 0.05) is 44.8 Å². The molecule has 1 saturated carbocycles. The molecule has 1 aliphatic rings. The summed E-state index contributed by atoms with van der Waals surface area (Å²) in [6, 6.07) is 0. The molecule has 1 fully saturated rings. The standard InChI is InChI=1S/C10H16O4.2Ag/c11-8(12)6-10(7-9(13)14)4-2-1-3-5-10;;/h1-7H2,(H,11,12)(H,13,14);;. The summed E-state index contributed by atoms with van der Waals surface area (Å²) in [6.45, 7) is 0. The first-order valence-corrected chi connectivity index (χ1v) is 4.98. The summed E-state index contributed by atoms with van der Waals surface area (Å²) in [5.74, 6) is -1.76. The van der Waals surface area contributed by atoms with Crippen molar-refractivity contribution in [2.24, 2.45) is 5.41 Å². The van der Waals surface area contributed by atoms with Gasteiger partial charge in [0.15, 0.2) is 0 Å². The molecule has 2 N–H and O–H groups in total. The Morgan fingerprint density at radius 1 is 0.875 bits per heavy atom. The van der Waals surface area contributed by atoms with Gasteiger partial charge in [0.25, 0.3) is 0 Å². The quantitative estimate of drug-likeness (QED) is 0.687. The van der Waals surface area contributed by atoms with Crippen molar-refractivity contribution >= 4 is 11.9 Å². The number of carboxylic acids is 2. The molecule has 16 heavy (non-hydrogen) atoms. The summed E-state index contributed by atoms with van der Waals surface area (Å²) in [4.78, 5) is 21.3. The molecular weight excluding hydrogens is 400 g/mol. The largest absolute Gasteiger partial charge is 0.481 e. The van der Waals surface area contributed by atoms with Crippen molar-refractivity contribution in [3.8, 4) is 0 Å². The number of carbonyl (C=O) groups is 2. The van der Waals surface area contributed by atoms with Crippen molar-refractivity contribution in [2.45, 2.75) is 44.9 Å². The van der Waals surface area contributed by atoms with Crippen molar-refractivity contribution in [3.05, 3.63) is 0 Å².